The molecule has 4 heteroatoms. The second-order valence-corrected chi connectivity index (χ2v) is 9.33. The highest BCUT2D eigenvalue weighted by atomic mass is 32.2. The van der Waals surface area contributed by atoms with Crippen molar-refractivity contribution in [3.8, 4) is 0 Å². The average molecular weight is 348 g/mol. The lowest BCUT2D eigenvalue weighted by atomic mass is 9.92. The van der Waals surface area contributed by atoms with E-state index in [4.69, 9.17) is 9.47 Å². The lowest BCUT2D eigenvalue weighted by Gasteiger charge is -2.47. The predicted octanol–water partition coefficient (Wildman–Crippen LogP) is 3.50. The second-order valence-electron chi connectivity index (χ2n) is 7.84. The van der Waals surface area contributed by atoms with E-state index in [1.165, 1.54) is 49.2 Å². The summed E-state index contributed by atoms with van der Waals surface area (Å²) in [5.41, 5.74) is 2.81. The molecule has 0 amide bonds. The van der Waals surface area contributed by atoms with Gasteiger partial charge in [-0.05, 0) is 37.7 Å². The van der Waals surface area contributed by atoms with Crippen LogP contribution < -0.4 is 0 Å². The zero-order chi connectivity index (χ0) is 16.4. The van der Waals surface area contributed by atoms with Crippen LogP contribution in [0, 0.1) is 12.8 Å². The van der Waals surface area contributed by atoms with E-state index in [-0.39, 0.29) is 0 Å². The van der Waals surface area contributed by atoms with Gasteiger partial charge in [0.1, 0.15) is 0 Å². The van der Waals surface area contributed by atoms with Crippen LogP contribution in [0.15, 0.2) is 24.3 Å². The molecule has 0 bridgehead atoms. The fourth-order valence-electron chi connectivity index (χ4n) is 4.26. The van der Waals surface area contributed by atoms with Crippen molar-refractivity contribution in [3.05, 3.63) is 35.4 Å². The van der Waals surface area contributed by atoms with Gasteiger partial charge < -0.3 is 9.47 Å². The molecule has 1 aromatic rings. The van der Waals surface area contributed by atoms with Crippen molar-refractivity contribution < 1.29 is 9.47 Å². The Labute approximate surface area is 150 Å². The fourth-order valence-corrected chi connectivity index (χ4v) is 5.87. The minimum absolute atomic E-state index is 0.471. The van der Waals surface area contributed by atoms with Crippen molar-refractivity contribution in [3.63, 3.8) is 0 Å². The number of ether oxygens (including phenoxy) is 2. The number of likely N-dealkylation sites (tertiary alicyclic amines) is 1. The first-order valence-corrected chi connectivity index (χ1v) is 10.3. The highest BCUT2D eigenvalue weighted by Crippen LogP contribution is 2.46. The number of hydrogen-bond donors (Lipinski definition) is 0. The van der Waals surface area contributed by atoms with Gasteiger partial charge in [0.15, 0.2) is 0 Å². The summed E-state index contributed by atoms with van der Waals surface area (Å²) >= 11 is 2.15. The second kappa shape index (κ2) is 7.36. The van der Waals surface area contributed by atoms with E-state index in [0.717, 1.165) is 32.3 Å². The molecule has 1 atom stereocenters. The summed E-state index contributed by atoms with van der Waals surface area (Å²) in [6.07, 6.45) is 4.06. The van der Waals surface area contributed by atoms with E-state index in [0.29, 0.717) is 10.9 Å². The third-order valence-electron chi connectivity index (χ3n) is 5.60. The molecule has 0 N–H and O–H groups in total. The zero-order valence-electron chi connectivity index (χ0n) is 14.7. The van der Waals surface area contributed by atoms with Crippen LogP contribution in [0.25, 0.3) is 0 Å². The van der Waals surface area contributed by atoms with Gasteiger partial charge in [-0.1, -0.05) is 29.8 Å². The van der Waals surface area contributed by atoms with Crippen molar-refractivity contribution in [2.24, 2.45) is 5.92 Å². The van der Waals surface area contributed by atoms with Crippen molar-refractivity contribution in [1.29, 1.82) is 0 Å². The van der Waals surface area contributed by atoms with Crippen LogP contribution in [-0.2, 0) is 16.0 Å². The molecule has 0 aromatic heterocycles. The van der Waals surface area contributed by atoms with Crippen LogP contribution in [0.3, 0.4) is 0 Å². The molecule has 3 aliphatic rings. The number of hydrogen-bond acceptors (Lipinski definition) is 4. The summed E-state index contributed by atoms with van der Waals surface area (Å²) in [7, 11) is 0. The predicted molar refractivity (Wildman–Crippen MR) is 99.5 cm³/mol. The highest BCUT2D eigenvalue weighted by Gasteiger charge is 2.49. The Bertz CT molecular complexity index is 552. The van der Waals surface area contributed by atoms with Crippen LogP contribution in [0.4, 0.5) is 0 Å². The van der Waals surface area contributed by atoms with Gasteiger partial charge in [0.25, 0.3) is 0 Å². The van der Waals surface area contributed by atoms with Crippen LogP contribution in [0.5, 0.6) is 0 Å². The molecule has 0 saturated carbocycles. The first-order valence-electron chi connectivity index (χ1n) is 9.32. The summed E-state index contributed by atoms with van der Waals surface area (Å²) in [6, 6.07) is 8.91. The Balaban J connectivity index is 1.20. The Morgan fingerprint density at radius 1 is 1.29 bits per heavy atom. The van der Waals surface area contributed by atoms with Gasteiger partial charge in [0.2, 0.25) is 0 Å². The van der Waals surface area contributed by atoms with E-state index < -0.39 is 0 Å². The maximum atomic E-state index is 6.25. The SMILES string of the molecule is Cc1cccc(CN2CC3(CC(OCC4CCOCC4)CS3)C2)c1. The Kier molecular flexibility index (Phi) is 5.18. The molecule has 0 radical (unpaired) electrons. The first kappa shape index (κ1) is 16.9. The fraction of sp³-hybridized carbons (Fsp3) is 0.700. The molecule has 3 saturated heterocycles. The summed E-state index contributed by atoms with van der Waals surface area (Å²) < 4.78 is 12.2. The Morgan fingerprint density at radius 2 is 2.12 bits per heavy atom. The van der Waals surface area contributed by atoms with Gasteiger partial charge in [-0.15, -0.1) is 11.8 Å². The van der Waals surface area contributed by atoms with E-state index >= 15 is 0 Å². The lowest BCUT2D eigenvalue weighted by Crippen LogP contribution is -2.58. The van der Waals surface area contributed by atoms with Crippen LogP contribution in [0.1, 0.15) is 30.4 Å². The number of rotatable bonds is 5. The Morgan fingerprint density at radius 3 is 2.92 bits per heavy atom. The van der Waals surface area contributed by atoms with Crippen LogP contribution in [0.2, 0.25) is 0 Å². The Hall–Kier alpha value is -0.550. The van der Waals surface area contributed by atoms with Gasteiger partial charge in [-0.2, -0.15) is 0 Å². The number of aryl methyl sites for hydroxylation is 1. The molecule has 3 heterocycles. The molecule has 4 rings (SSSR count). The topological polar surface area (TPSA) is 21.7 Å². The summed E-state index contributed by atoms with van der Waals surface area (Å²) in [6.45, 7) is 8.51. The van der Waals surface area contributed by atoms with Crippen molar-refractivity contribution >= 4 is 11.8 Å². The molecule has 1 aromatic carbocycles. The molecule has 1 unspecified atom stereocenters. The standard InChI is InChI=1S/C20H29NO2S/c1-16-3-2-4-18(9-16)11-21-14-20(15-21)10-19(13-24-20)23-12-17-5-7-22-8-6-17/h2-4,9,17,19H,5-8,10-15H2,1H3. The summed E-state index contributed by atoms with van der Waals surface area (Å²) in [5, 5.41) is 0. The zero-order valence-corrected chi connectivity index (χ0v) is 15.5. The summed E-state index contributed by atoms with van der Waals surface area (Å²) in [4.78, 5) is 2.59. The molecule has 24 heavy (non-hydrogen) atoms. The molecule has 1 spiro atoms. The quantitative estimate of drug-likeness (QED) is 0.813. The molecule has 132 valence electrons. The van der Waals surface area contributed by atoms with E-state index in [1.807, 2.05) is 0 Å². The van der Waals surface area contributed by atoms with Crippen molar-refractivity contribution in [2.45, 2.75) is 43.6 Å². The van der Waals surface area contributed by atoms with Crippen molar-refractivity contribution in [1.82, 2.24) is 4.90 Å². The molecular weight excluding hydrogens is 318 g/mol. The lowest BCUT2D eigenvalue weighted by molar-refractivity contribution is -0.0133. The normalized spacial score (nSPS) is 27.5. The minimum atomic E-state index is 0.471. The molecule has 3 fully saturated rings. The minimum Gasteiger partial charge on any atom is -0.381 e. The van der Waals surface area contributed by atoms with Gasteiger partial charge in [0, 0.05) is 50.0 Å². The monoisotopic (exact) mass is 347 g/mol. The van der Waals surface area contributed by atoms with Gasteiger partial charge in [-0.3, -0.25) is 4.90 Å². The highest BCUT2D eigenvalue weighted by molar-refractivity contribution is 8.01. The molecule has 3 aliphatic heterocycles. The number of nitrogens with zero attached hydrogens (tertiary/aromatic N) is 1. The molecular formula is C20H29NO2S. The average Bonchev–Trinajstić information content (AvgIpc) is 2.98. The third-order valence-corrected chi connectivity index (χ3v) is 7.17. The number of thioether (sulfide) groups is 1. The summed E-state index contributed by atoms with van der Waals surface area (Å²) in [5.74, 6) is 1.90. The third kappa shape index (κ3) is 3.98. The van der Waals surface area contributed by atoms with Gasteiger partial charge >= 0.3 is 0 Å². The maximum absolute atomic E-state index is 6.25. The molecule has 3 nitrogen and oxygen atoms in total. The number of benzene rings is 1. The van der Waals surface area contributed by atoms with E-state index in [2.05, 4.69) is 47.9 Å². The smallest absolute Gasteiger partial charge is 0.0680 e. The largest absolute Gasteiger partial charge is 0.381 e. The van der Waals surface area contributed by atoms with Crippen molar-refractivity contribution in [2.75, 3.05) is 38.7 Å². The molecule has 0 aliphatic carbocycles. The van der Waals surface area contributed by atoms with E-state index in [9.17, 15) is 0 Å². The maximum Gasteiger partial charge on any atom is 0.0680 e. The van der Waals surface area contributed by atoms with E-state index in [1.54, 1.807) is 0 Å². The van der Waals surface area contributed by atoms with Gasteiger partial charge in [-0.25, -0.2) is 0 Å². The van der Waals surface area contributed by atoms with Crippen LogP contribution in [-0.4, -0.2) is 54.4 Å². The first-order chi connectivity index (χ1) is 11.7. The van der Waals surface area contributed by atoms with Crippen LogP contribution >= 0.6 is 11.8 Å². The van der Waals surface area contributed by atoms with Gasteiger partial charge in [0.05, 0.1) is 6.10 Å².